The molecule has 18 heavy (non-hydrogen) atoms. The summed E-state index contributed by atoms with van der Waals surface area (Å²) in [6.07, 6.45) is 3.27. The quantitative estimate of drug-likeness (QED) is 0.658. The monoisotopic (exact) mass is 261 g/mol. The first-order valence-corrected chi connectivity index (χ1v) is 6.21. The average Bonchev–Trinajstić information content (AvgIpc) is 2.86. The van der Waals surface area contributed by atoms with Gasteiger partial charge < -0.3 is 4.42 Å². The summed E-state index contributed by atoms with van der Waals surface area (Å²) >= 11 is 1.38. The minimum Gasteiger partial charge on any atom is -0.436 e. The van der Waals surface area contributed by atoms with Crippen LogP contribution in [0.3, 0.4) is 0 Å². The highest BCUT2D eigenvalue weighted by atomic mass is 32.2. The lowest BCUT2D eigenvalue weighted by atomic mass is 10.4. The standard InChI is InChI=1S/C11H11N5OS/c1-6-7(2)17-11(15-6)18-10-8-4-14-16(3)9(8)12-5-13-10/h4-5H,1-3H3. The van der Waals surface area contributed by atoms with Crippen molar-refractivity contribution < 1.29 is 4.42 Å². The Bertz CT molecular complexity index is 698. The third kappa shape index (κ3) is 1.76. The van der Waals surface area contributed by atoms with Crippen molar-refractivity contribution in [3.05, 3.63) is 24.0 Å². The van der Waals surface area contributed by atoms with Crippen LogP contribution in [0.25, 0.3) is 11.0 Å². The van der Waals surface area contributed by atoms with Crippen molar-refractivity contribution in [1.29, 1.82) is 0 Å². The lowest BCUT2D eigenvalue weighted by Gasteiger charge is -1.97. The van der Waals surface area contributed by atoms with E-state index in [9.17, 15) is 0 Å². The topological polar surface area (TPSA) is 69.6 Å². The minimum atomic E-state index is 0.592. The molecular formula is C11H11N5OS. The van der Waals surface area contributed by atoms with Crippen LogP contribution < -0.4 is 0 Å². The normalized spacial score (nSPS) is 11.3. The Morgan fingerprint density at radius 3 is 2.83 bits per heavy atom. The van der Waals surface area contributed by atoms with Gasteiger partial charge >= 0.3 is 0 Å². The molecule has 3 rings (SSSR count). The van der Waals surface area contributed by atoms with E-state index in [1.165, 1.54) is 18.1 Å². The van der Waals surface area contributed by atoms with Crippen LogP contribution in [-0.2, 0) is 7.05 Å². The summed E-state index contributed by atoms with van der Waals surface area (Å²) in [4.78, 5) is 12.8. The summed E-state index contributed by atoms with van der Waals surface area (Å²) in [6, 6.07) is 0. The highest BCUT2D eigenvalue weighted by Gasteiger charge is 2.13. The molecule has 0 N–H and O–H groups in total. The van der Waals surface area contributed by atoms with E-state index in [-0.39, 0.29) is 0 Å². The zero-order valence-electron chi connectivity index (χ0n) is 10.2. The van der Waals surface area contributed by atoms with E-state index in [1.807, 2.05) is 20.9 Å². The Morgan fingerprint density at radius 1 is 1.28 bits per heavy atom. The van der Waals surface area contributed by atoms with Gasteiger partial charge in [-0.05, 0) is 25.6 Å². The second-order valence-electron chi connectivity index (χ2n) is 3.91. The summed E-state index contributed by atoms with van der Waals surface area (Å²) in [5, 5.41) is 6.46. The number of oxazole rings is 1. The van der Waals surface area contributed by atoms with Crippen molar-refractivity contribution in [2.45, 2.75) is 24.1 Å². The molecule has 92 valence electrons. The van der Waals surface area contributed by atoms with Crippen LogP contribution in [-0.4, -0.2) is 24.7 Å². The van der Waals surface area contributed by atoms with E-state index < -0.39 is 0 Å². The number of rotatable bonds is 2. The van der Waals surface area contributed by atoms with E-state index in [0.29, 0.717) is 5.22 Å². The molecule has 3 aromatic rings. The Kier molecular flexibility index (Phi) is 2.55. The van der Waals surface area contributed by atoms with Crippen LogP contribution in [0.15, 0.2) is 27.2 Å². The molecule has 0 aliphatic heterocycles. The summed E-state index contributed by atoms with van der Waals surface area (Å²) in [5.41, 5.74) is 1.70. The fraction of sp³-hybridized carbons (Fsp3) is 0.273. The first-order valence-electron chi connectivity index (χ1n) is 5.40. The van der Waals surface area contributed by atoms with Crippen molar-refractivity contribution in [2.24, 2.45) is 7.05 Å². The molecule has 3 aromatic heterocycles. The molecule has 0 bridgehead atoms. The molecule has 6 nitrogen and oxygen atoms in total. The van der Waals surface area contributed by atoms with Gasteiger partial charge in [-0.25, -0.2) is 15.0 Å². The van der Waals surface area contributed by atoms with Crippen molar-refractivity contribution in [3.8, 4) is 0 Å². The molecule has 0 saturated carbocycles. The predicted molar refractivity (Wildman–Crippen MR) is 66.4 cm³/mol. The summed E-state index contributed by atoms with van der Waals surface area (Å²) < 4.78 is 7.25. The van der Waals surface area contributed by atoms with Crippen LogP contribution in [0.2, 0.25) is 0 Å². The summed E-state index contributed by atoms with van der Waals surface area (Å²) in [5.74, 6) is 0.828. The first kappa shape index (κ1) is 11.2. The van der Waals surface area contributed by atoms with Crippen LogP contribution in [0, 0.1) is 13.8 Å². The first-order chi connectivity index (χ1) is 8.65. The molecule has 0 radical (unpaired) electrons. The number of fused-ring (bicyclic) bond motifs is 1. The Hall–Kier alpha value is -1.89. The molecule has 0 fully saturated rings. The van der Waals surface area contributed by atoms with Crippen LogP contribution in [0.5, 0.6) is 0 Å². The van der Waals surface area contributed by atoms with E-state index in [0.717, 1.165) is 27.5 Å². The Balaban J connectivity index is 2.04. The number of nitrogens with zero attached hydrogens (tertiary/aromatic N) is 5. The molecule has 0 unspecified atom stereocenters. The molecule has 0 amide bonds. The van der Waals surface area contributed by atoms with Gasteiger partial charge in [-0.2, -0.15) is 5.10 Å². The van der Waals surface area contributed by atoms with E-state index in [4.69, 9.17) is 4.42 Å². The zero-order chi connectivity index (χ0) is 12.7. The van der Waals surface area contributed by atoms with Crippen molar-refractivity contribution in [1.82, 2.24) is 24.7 Å². The van der Waals surface area contributed by atoms with Crippen molar-refractivity contribution in [3.63, 3.8) is 0 Å². The van der Waals surface area contributed by atoms with Gasteiger partial charge in [-0.15, -0.1) is 0 Å². The fourth-order valence-electron chi connectivity index (χ4n) is 1.59. The van der Waals surface area contributed by atoms with Gasteiger partial charge in [0, 0.05) is 7.05 Å². The Morgan fingerprint density at radius 2 is 2.11 bits per heavy atom. The number of aromatic nitrogens is 5. The zero-order valence-corrected chi connectivity index (χ0v) is 11.0. The van der Waals surface area contributed by atoms with Crippen LogP contribution >= 0.6 is 11.8 Å². The molecule has 0 atom stereocenters. The van der Waals surface area contributed by atoms with Crippen LogP contribution in [0.4, 0.5) is 0 Å². The van der Waals surface area contributed by atoms with E-state index in [2.05, 4.69) is 20.1 Å². The summed E-state index contributed by atoms with van der Waals surface area (Å²) in [6.45, 7) is 3.81. The van der Waals surface area contributed by atoms with Gasteiger partial charge in [0.2, 0.25) is 0 Å². The second kappa shape index (κ2) is 4.09. The lowest BCUT2D eigenvalue weighted by molar-refractivity contribution is 0.431. The smallest absolute Gasteiger partial charge is 0.262 e. The molecular weight excluding hydrogens is 250 g/mol. The van der Waals surface area contributed by atoms with Crippen molar-refractivity contribution >= 4 is 22.8 Å². The molecule has 3 heterocycles. The molecule has 0 aliphatic rings. The van der Waals surface area contributed by atoms with E-state index >= 15 is 0 Å². The largest absolute Gasteiger partial charge is 0.436 e. The van der Waals surface area contributed by atoms with Crippen molar-refractivity contribution in [2.75, 3.05) is 0 Å². The third-order valence-electron chi connectivity index (χ3n) is 2.69. The lowest BCUT2D eigenvalue weighted by Crippen LogP contribution is -1.92. The van der Waals surface area contributed by atoms with Gasteiger partial charge in [0.25, 0.3) is 5.22 Å². The van der Waals surface area contributed by atoms with Gasteiger partial charge in [0.1, 0.15) is 17.1 Å². The third-order valence-corrected chi connectivity index (χ3v) is 3.55. The van der Waals surface area contributed by atoms with Gasteiger partial charge in [0.15, 0.2) is 5.65 Å². The average molecular weight is 261 g/mol. The number of hydrogen-bond donors (Lipinski definition) is 0. The predicted octanol–water partition coefficient (Wildman–Crippen LogP) is 2.12. The Labute approximate surface area is 107 Å². The molecule has 0 aromatic carbocycles. The maximum absolute atomic E-state index is 5.54. The number of hydrogen-bond acceptors (Lipinski definition) is 6. The van der Waals surface area contributed by atoms with Gasteiger partial charge in [0.05, 0.1) is 17.3 Å². The SMILES string of the molecule is Cc1nc(Sc2ncnc3c2cnn3C)oc1C. The summed E-state index contributed by atoms with van der Waals surface area (Å²) in [7, 11) is 1.85. The van der Waals surface area contributed by atoms with E-state index in [1.54, 1.807) is 10.9 Å². The van der Waals surface area contributed by atoms with Crippen LogP contribution in [0.1, 0.15) is 11.5 Å². The number of aryl methyl sites for hydroxylation is 3. The maximum Gasteiger partial charge on any atom is 0.262 e. The second-order valence-corrected chi connectivity index (χ2v) is 4.85. The molecule has 0 saturated heterocycles. The highest BCUT2D eigenvalue weighted by molar-refractivity contribution is 7.99. The molecule has 0 spiro atoms. The van der Waals surface area contributed by atoms with Gasteiger partial charge in [-0.3, -0.25) is 4.68 Å². The highest BCUT2D eigenvalue weighted by Crippen LogP contribution is 2.30. The maximum atomic E-state index is 5.54. The molecule has 7 heteroatoms. The van der Waals surface area contributed by atoms with Gasteiger partial charge in [-0.1, -0.05) is 0 Å². The minimum absolute atomic E-state index is 0.592. The molecule has 0 aliphatic carbocycles. The fourth-order valence-corrected chi connectivity index (χ4v) is 2.46.